The molecule has 0 aliphatic carbocycles. The van der Waals surface area contributed by atoms with Gasteiger partial charge in [-0.05, 0) is 125 Å². The molecule has 0 saturated carbocycles. The summed E-state index contributed by atoms with van der Waals surface area (Å²) in [5, 5.41) is 8.78. The third-order valence-electron chi connectivity index (χ3n) is 11.2. The molecule has 6 nitrogen and oxygen atoms in total. The van der Waals surface area contributed by atoms with Crippen LogP contribution in [-0.4, -0.2) is 41.8 Å². The van der Waals surface area contributed by atoms with E-state index in [0.29, 0.717) is 6.42 Å². The number of rotatable bonds is 12. The number of anilines is 3. The minimum absolute atomic E-state index is 0.587. The first-order chi connectivity index (χ1) is 29.8. The van der Waals surface area contributed by atoms with Crippen molar-refractivity contribution in [2.24, 2.45) is 14.1 Å². The molecule has 0 aliphatic rings. The average Bonchev–Trinajstić information content (AvgIpc) is 3.28. The minimum atomic E-state index is 0.587. The zero-order valence-corrected chi connectivity index (χ0v) is 40.2. The van der Waals surface area contributed by atoms with Crippen LogP contribution >= 0.6 is 31.9 Å². The molecule has 0 bridgehead atoms. The van der Waals surface area contributed by atoms with Gasteiger partial charge < -0.3 is 14.7 Å². The maximum atomic E-state index is 8.78. The Balaban J connectivity index is 0.000000229. The van der Waals surface area contributed by atoms with Crippen molar-refractivity contribution in [3.63, 3.8) is 0 Å². The molecule has 314 valence electrons. The maximum Gasteiger partial charge on any atom is 0.213 e. The summed E-state index contributed by atoms with van der Waals surface area (Å²) in [4.78, 5) is 6.43. The summed E-state index contributed by atoms with van der Waals surface area (Å²) in [5.74, 6) is 0. The predicted octanol–water partition coefficient (Wildman–Crippen LogP) is 12.6. The number of nitriles is 1. The lowest BCUT2D eigenvalue weighted by atomic mass is 10.0. The number of halogens is 2. The van der Waals surface area contributed by atoms with Crippen molar-refractivity contribution in [2.75, 3.05) is 56.5 Å². The van der Waals surface area contributed by atoms with E-state index in [1.54, 1.807) is 0 Å². The summed E-state index contributed by atoms with van der Waals surface area (Å²) in [7, 11) is 14.6. The molecule has 8 heteroatoms. The number of nitrogens with zero attached hydrogens (tertiary/aromatic N) is 6. The fraction of sp³-hybridized carbons (Fsp3) is 0.204. The Kier molecular flexibility index (Phi) is 15.6. The second kappa shape index (κ2) is 21.2. The van der Waals surface area contributed by atoms with Crippen LogP contribution in [0.15, 0.2) is 155 Å². The first kappa shape index (κ1) is 45.5. The van der Waals surface area contributed by atoms with Crippen LogP contribution < -0.4 is 23.8 Å². The van der Waals surface area contributed by atoms with Gasteiger partial charge in [0.05, 0.1) is 6.07 Å². The molecule has 0 radical (unpaired) electrons. The van der Waals surface area contributed by atoms with Crippen LogP contribution in [0.1, 0.15) is 29.8 Å². The molecule has 0 N–H and O–H groups in total. The molecule has 2 heterocycles. The third-order valence-corrected chi connectivity index (χ3v) is 12.2. The Bertz CT molecular complexity index is 2640. The van der Waals surface area contributed by atoms with Gasteiger partial charge >= 0.3 is 0 Å². The summed E-state index contributed by atoms with van der Waals surface area (Å²) in [6.07, 6.45) is 5.81. The summed E-state index contributed by atoms with van der Waals surface area (Å²) in [6.45, 7) is 3.03. The fourth-order valence-corrected chi connectivity index (χ4v) is 7.75. The second-order valence-electron chi connectivity index (χ2n) is 15.9. The van der Waals surface area contributed by atoms with Gasteiger partial charge in [-0.2, -0.15) is 14.4 Å². The molecule has 0 fully saturated rings. The van der Waals surface area contributed by atoms with Crippen molar-refractivity contribution < 1.29 is 9.13 Å². The zero-order chi connectivity index (χ0) is 44.3. The molecular weight excluding hydrogens is 892 g/mol. The monoisotopic (exact) mass is 946 g/mol. The van der Waals surface area contributed by atoms with E-state index in [0.717, 1.165) is 44.5 Å². The first-order valence-electron chi connectivity index (χ1n) is 20.8. The highest BCUT2D eigenvalue weighted by Crippen LogP contribution is 2.30. The Morgan fingerprint density at radius 2 is 0.952 bits per heavy atom. The normalized spacial score (nSPS) is 10.9. The largest absolute Gasteiger partial charge is 0.378 e. The Morgan fingerprint density at radius 1 is 0.516 bits per heavy atom. The molecule has 5 aromatic carbocycles. The number of unbranched alkanes of at least 4 members (excludes halogenated alkanes) is 1. The Labute approximate surface area is 385 Å². The summed E-state index contributed by atoms with van der Waals surface area (Å²) < 4.78 is 6.65. The fourth-order valence-electron chi connectivity index (χ4n) is 7.22. The Morgan fingerprint density at radius 3 is 1.42 bits per heavy atom. The number of benzene rings is 5. The van der Waals surface area contributed by atoms with Crippen molar-refractivity contribution >= 4 is 61.1 Å². The van der Waals surface area contributed by atoms with Crippen molar-refractivity contribution in [3.8, 4) is 50.8 Å². The summed E-state index contributed by atoms with van der Waals surface area (Å²) >= 11 is 7.07. The highest BCUT2D eigenvalue weighted by molar-refractivity contribution is 9.10. The van der Waals surface area contributed by atoms with Gasteiger partial charge in [0.1, 0.15) is 14.1 Å². The smallest absolute Gasteiger partial charge is 0.213 e. The van der Waals surface area contributed by atoms with Gasteiger partial charge in [0.15, 0.2) is 5.69 Å². The van der Waals surface area contributed by atoms with Crippen LogP contribution in [0.4, 0.5) is 17.1 Å². The molecule has 0 saturated heterocycles. The van der Waals surface area contributed by atoms with E-state index in [2.05, 4.69) is 276 Å². The highest BCUT2D eigenvalue weighted by atomic mass is 79.9. The van der Waals surface area contributed by atoms with E-state index in [4.69, 9.17) is 5.26 Å². The summed E-state index contributed by atoms with van der Waals surface area (Å²) in [6, 6.07) is 54.2. The van der Waals surface area contributed by atoms with E-state index in [1.165, 1.54) is 56.1 Å². The van der Waals surface area contributed by atoms with Gasteiger partial charge in [-0.25, -0.2) is 0 Å². The van der Waals surface area contributed by atoms with Gasteiger partial charge in [-0.3, -0.25) is 0 Å². The van der Waals surface area contributed by atoms with Crippen LogP contribution in [0, 0.1) is 18.3 Å². The number of aryl methyl sites for hydroxylation is 1. The van der Waals surface area contributed by atoms with Crippen molar-refractivity contribution in [1.29, 1.82) is 5.26 Å². The predicted molar refractivity (Wildman–Crippen MR) is 269 cm³/mol. The molecule has 0 atom stereocenters. The minimum Gasteiger partial charge on any atom is -0.378 e. The zero-order valence-electron chi connectivity index (χ0n) is 37.1. The van der Waals surface area contributed by atoms with E-state index in [9.17, 15) is 0 Å². The lowest BCUT2D eigenvalue weighted by Crippen LogP contribution is -2.34. The molecule has 62 heavy (non-hydrogen) atoms. The molecule has 0 aliphatic heterocycles. The Hall–Kier alpha value is -6.01. The first-order valence-corrected chi connectivity index (χ1v) is 22.4. The molecule has 7 aromatic rings. The quantitative estimate of drug-likeness (QED) is 0.0904. The van der Waals surface area contributed by atoms with Crippen LogP contribution in [0.25, 0.3) is 56.9 Å². The van der Waals surface area contributed by atoms with E-state index in [1.807, 2.05) is 0 Å². The topological polar surface area (TPSA) is 41.3 Å². The molecule has 2 aromatic heterocycles. The van der Waals surface area contributed by atoms with Crippen LogP contribution in [0.3, 0.4) is 0 Å². The number of aromatic nitrogens is 2. The lowest BCUT2D eigenvalue weighted by Gasteiger charge is -2.18. The molecule has 0 spiro atoms. The third kappa shape index (κ3) is 11.7. The van der Waals surface area contributed by atoms with E-state index in [-0.39, 0.29) is 0 Å². The van der Waals surface area contributed by atoms with Crippen molar-refractivity contribution in [2.45, 2.75) is 19.8 Å². The molecule has 7 rings (SSSR count). The average molecular weight is 949 g/mol. The maximum absolute atomic E-state index is 8.78. The van der Waals surface area contributed by atoms with Gasteiger partial charge in [-0.1, -0.05) is 68.3 Å². The second-order valence-corrected chi connectivity index (χ2v) is 17.8. The lowest BCUT2D eigenvalue weighted by molar-refractivity contribution is -0.666. The number of pyridine rings is 2. The number of hydrogen-bond acceptors (Lipinski definition) is 4. The van der Waals surface area contributed by atoms with Gasteiger partial charge in [0.25, 0.3) is 0 Å². The van der Waals surface area contributed by atoms with Crippen LogP contribution in [-0.2, 0) is 14.1 Å². The highest BCUT2D eigenvalue weighted by Gasteiger charge is 2.18. The van der Waals surface area contributed by atoms with Gasteiger partial charge in [-0.15, -0.1) is 0 Å². The van der Waals surface area contributed by atoms with Crippen LogP contribution in [0.5, 0.6) is 0 Å². The standard InChI is InChI=1S/C33H34BrN4.C21H22BrN2/c1-36(2)30-19-12-26(13-20-30)28-23-32(38(4)33(24-28)27-10-14-29(34)15-11-27)18-9-25-7-16-31(17-8-25)37(3)22-6-5-21-35;1-15-13-18(16-7-11-20(12-8-16)23(2)3)14-21(24(15)4)17-5-9-19(22)10-6-17/h7-20,23-24H,5-6,22H2,1-4H3;5-14H,1-4H3/q2*+1. The van der Waals surface area contributed by atoms with Gasteiger partial charge in [0.2, 0.25) is 17.1 Å². The number of hydrogen-bond donors (Lipinski definition) is 0. The van der Waals surface area contributed by atoms with Crippen molar-refractivity contribution in [3.05, 3.63) is 171 Å². The molecule has 0 amide bonds. The molecule has 0 unspecified atom stereocenters. The van der Waals surface area contributed by atoms with Gasteiger partial charge in [0, 0.05) is 123 Å². The summed E-state index contributed by atoms with van der Waals surface area (Å²) in [5.41, 5.74) is 16.7. The van der Waals surface area contributed by atoms with E-state index < -0.39 is 0 Å². The molecular formula is C54H56Br2N6+2. The van der Waals surface area contributed by atoms with Crippen LogP contribution in [0.2, 0.25) is 0 Å². The van der Waals surface area contributed by atoms with Crippen molar-refractivity contribution in [1.82, 2.24) is 0 Å². The SMILES string of the molecule is CN(C)c1ccc(-c2cc(/C=C/c3ccc(N(C)CCCC#N)cc3)[n+](C)c(-c3ccc(Br)cc3)c2)cc1.Cc1cc(-c2ccc(N(C)C)cc2)cc(-c2ccc(Br)cc2)[n+]1C. The van der Waals surface area contributed by atoms with E-state index >= 15 is 0 Å².